The molecule has 1 saturated carbocycles. The summed E-state index contributed by atoms with van der Waals surface area (Å²) in [6.45, 7) is 7.36. The first kappa shape index (κ1) is 12.4. The molecule has 1 aromatic rings. The van der Waals surface area contributed by atoms with Crippen molar-refractivity contribution in [3.05, 3.63) is 11.9 Å². The predicted molar refractivity (Wildman–Crippen MR) is 71.4 cm³/mol. The molecule has 1 fully saturated rings. The van der Waals surface area contributed by atoms with Gasteiger partial charge in [-0.25, -0.2) is 4.98 Å². The molecule has 0 bridgehead atoms. The summed E-state index contributed by atoms with van der Waals surface area (Å²) in [5, 5.41) is 3.39. The van der Waals surface area contributed by atoms with Gasteiger partial charge in [0, 0.05) is 31.9 Å². The lowest BCUT2D eigenvalue weighted by Crippen LogP contribution is -2.25. The van der Waals surface area contributed by atoms with Crippen LogP contribution < -0.4 is 5.32 Å². The van der Waals surface area contributed by atoms with Crippen molar-refractivity contribution in [2.45, 2.75) is 45.7 Å². The number of anilines is 1. The molecule has 0 saturated heterocycles. The van der Waals surface area contributed by atoms with Crippen molar-refractivity contribution < 1.29 is 0 Å². The van der Waals surface area contributed by atoms with Gasteiger partial charge in [-0.15, -0.1) is 0 Å². The Morgan fingerprint density at radius 1 is 1.53 bits per heavy atom. The molecule has 4 nitrogen and oxygen atoms in total. The standard InChI is InChI=1S/C13H24N4/c1-4-7-14-13-15-11(2)10-17(13)9-8-16(3)12-5-6-12/h10,12H,4-9H2,1-3H3,(H,14,15). The summed E-state index contributed by atoms with van der Waals surface area (Å²) in [6.07, 6.45) is 6.02. The smallest absolute Gasteiger partial charge is 0.203 e. The molecule has 4 heteroatoms. The third-order valence-electron chi connectivity index (χ3n) is 3.29. The SMILES string of the molecule is CCCNc1nc(C)cn1CCN(C)C1CC1. The van der Waals surface area contributed by atoms with Gasteiger partial charge in [0.2, 0.25) is 5.95 Å². The number of hydrogen-bond donors (Lipinski definition) is 1. The van der Waals surface area contributed by atoms with Crippen LogP contribution >= 0.6 is 0 Å². The minimum absolute atomic E-state index is 0.840. The molecule has 0 amide bonds. The molecule has 0 spiro atoms. The second-order valence-corrected chi connectivity index (χ2v) is 5.04. The van der Waals surface area contributed by atoms with Crippen LogP contribution in [0, 0.1) is 6.92 Å². The molecule has 96 valence electrons. The number of nitrogens with one attached hydrogen (secondary N) is 1. The van der Waals surface area contributed by atoms with Crippen LogP contribution in [0.5, 0.6) is 0 Å². The van der Waals surface area contributed by atoms with E-state index < -0.39 is 0 Å². The molecular formula is C13H24N4. The minimum atomic E-state index is 0.840. The van der Waals surface area contributed by atoms with E-state index in [1.165, 1.54) is 12.8 Å². The molecule has 1 heterocycles. The Morgan fingerprint density at radius 2 is 2.29 bits per heavy atom. The lowest BCUT2D eigenvalue weighted by Gasteiger charge is -2.17. The number of likely N-dealkylation sites (N-methyl/N-ethyl adjacent to an activating group) is 1. The van der Waals surface area contributed by atoms with Gasteiger partial charge >= 0.3 is 0 Å². The van der Waals surface area contributed by atoms with Crippen molar-refractivity contribution in [1.29, 1.82) is 0 Å². The molecule has 0 aromatic carbocycles. The van der Waals surface area contributed by atoms with E-state index >= 15 is 0 Å². The van der Waals surface area contributed by atoms with E-state index in [0.29, 0.717) is 0 Å². The maximum atomic E-state index is 4.52. The van der Waals surface area contributed by atoms with Crippen molar-refractivity contribution in [2.24, 2.45) is 0 Å². The van der Waals surface area contributed by atoms with Gasteiger partial charge < -0.3 is 14.8 Å². The normalized spacial score (nSPS) is 15.5. The topological polar surface area (TPSA) is 33.1 Å². The Kier molecular flexibility index (Phi) is 4.05. The van der Waals surface area contributed by atoms with Crippen molar-refractivity contribution >= 4 is 5.95 Å². The molecule has 1 aliphatic carbocycles. The Balaban J connectivity index is 1.88. The van der Waals surface area contributed by atoms with Gasteiger partial charge in [0.05, 0.1) is 5.69 Å². The first-order chi connectivity index (χ1) is 8.20. The van der Waals surface area contributed by atoms with Crippen LogP contribution in [0.15, 0.2) is 6.20 Å². The fourth-order valence-electron chi connectivity index (χ4n) is 2.06. The number of aromatic nitrogens is 2. The lowest BCUT2D eigenvalue weighted by molar-refractivity contribution is 0.310. The third-order valence-corrected chi connectivity index (χ3v) is 3.29. The van der Waals surface area contributed by atoms with Crippen LogP contribution in [-0.4, -0.2) is 40.6 Å². The summed E-state index contributed by atoms with van der Waals surface area (Å²) < 4.78 is 2.24. The first-order valence-corrected chi connectivity index (χ1v) is 6.68. The van der Waals surface area contributed by atoms with Crippen LogP contribution in [0.3, 0.4) is 0 Å². The molecule has 0 atom stereocenters. The number of nitrogens with zero attached hydrogens (tertiary/aromatic N) is 3. The average Bonchev–Trinajstić information content (AvgIpc) is 3.08. The fraction of sp³-hybridized carbons (Fsp3) is 0.769. The van der Waals surface area contributed by atoms with Crippen molar-refractivity contribution in [3.63, 3.8) is 0 Å². The third kappa shape index (κ3) is 3.46. The highest BCUT2D eigenvalue weighted by Gasteiger charge is 2.25. The van der Waals surface area contributed by atoms with E-state index in [1.54, 1.807) is 0 Å². The van der Waals surface area contributed by atoms with Crippen LogP contribution in [-0.2, 0) is 6.54 Å². The zero-order valence-electron chi connectivity index (χ0n) is 11.2. The number of aryl methyl sites for hydroxylation is 1. The molecule has 0 aliphatic heterocycles. The summed E-state index contributed by atoms with van der Waals surface area (Å²) in [4.78, 5) is 6.98. The van der Waals surface area contributed by atoms with E-state index in [1.807, 2.05) is 0 Å². The van der Waals surface area contributed by atoms with Crippen molar-refractivity contribution in [1.82, 2.24) is 14.5 Å². The largest absolute Gasteiger partial charge is 0.356 e. The van der Waals surface area contributed by atoms with Gasteiger partial charge in [-0.1, -0.05) is 6.92 Å². The summed E-state index contributed by atoms with van der Waals surface area (Å²) in [5.74, 6) is 1.02. The van der Waals surface area contributed by atoms with Gasteiger partial charge in [-0.2, -0.15) is 0 Å². The molecule has 2 rings (SSSR count). The highest BCUT2D eigenvalue weighted by molar-refractivity contribution is 5.28. The van der Waals surface area contributed by atoms with E-state index in [4.69, 9.17) is 0 Å². The highest BCUT2D eigenvalue weighted by atomic mass is 15.2. The van der Waals surface area contributed by atoms with Crippen molar-refractivity contribution in [3.8, 4) is 0 Å². The molecule has 17 heavy (non-hydrogen) atoms. The summed E-state index contributed by atoms with van der Waals surface area (Å²) in [5.41, 5.74) is 1.10. The van der Waals surface area contributed by atoms with E-state index in [9.17, 15) is 0 Å². The summed E-state index contributed by atoms with van der Waals surface area (Å²) >= 11 is 0. The second-order valence-electron chi connectivity index (χ2n) is 5.04. The Labute approximate surface area is 104 Å². The first-order valence-electron chi connectivity index (χ1n) is 6.68. The summed E-state index contributed by atoms with van der Waals surface area (Å²) in [6, 6.07) is 0.840. The molecular weight excluding hydrogens is 212 g/mol. The molecule has 0 radical (unpaired) electrons. The fourth-order valence-corrected chi connectivity index (χ4v) is 2.06. The van der Waals surface area contributed by atoms with Crippen LogP contribution in [0.2, 0.25) is 0 Å². The molecule has 1 aliphatic rings. The average molecular weight is 236 g/mol. The molecule has 0 unspecified atom stereocenters. The van der Waals surface area contributed by atoms with Gasteiger partial charge in [0.25, 0.3) is 0 Å². The zero-order chi connectivity index (χ0) is 12.3. The number of imidazole rings is 1. The minimum Gasteiger partial charge on any atom is -0.356 e. The van der Waals surface area contributed by atoms with E-state index in [-0.39, 0.29) is 0 Å². The molecule has 1 N–H and O–H groups in total. The Hall–Kier alpha value is -1.03. The van der Waals surface area contributed by atoms with Gasteiger partial charge in [-0.3, -0.25) is 0 Å². The van der Waals surface area contributed by atoms with Gasteiger partial charge in [-0.05, 0) is 33.2 Å². The lowest BCUT2D eigenvalue weighted by atomic mass is 10.5. The Morgan fingerprint density at radius 3 is 2.94 bits per heavy atom. The number of hydrogen-bond acceptors (Lipinski definition) is 3. The van der Waals surface area contributed by atoms with Crippen LogP contribution in [0.25, 0.3) is 0 Å². The second kappa shape index (κ2) is 5.54. The predicted octanol–water partition coefficient (Wildman–Crippen LogP) is 2.11. The van der Waals surface area contributed by atoms with Gasteiger partial charge in [0.1, 0.15) is 0 Å². The molecule has 1 aromatic heterocycles. The van der Waals surface area contributed by atoms with Crippen LogP contribution in [0.1, 0.15) is 31.9 Å². The van der Waals surface area contributed by atoms with E-state index in [0.717, 1.165) is 43.7 Å². The van der Waals surface area contributed by atoms with Crippen LogP contribution in [0.4, 0.5) is 5.95 Å². The monoisotopic (exact) mass is 236 g/mol. The zero-order valence-corrected chi connectivity index (χ0v) is 11.2. The number of rotatable bonds is 7. The van der Waals surface area contributed by atoms with E-state index in [2.05, 4.69) is 46.9 Å². The summed E-state index contributed by atoms with van der Waals surface area (Å²) in [7, 11) is 2.22. The Bertz CT molecular complexity index is 354. The van der Waals surface area contributed by atoms with Crippen molar-refractivity contribution in [2.75, 3.05) is 25.5 Å². The highest BCUT2D eigenvalue weighted by Crippen LogP contribution is 2.25. The maximum absolute atomic E-state index is 4.52. The quantitative estimate of drug-likeness (QED) is 0.787. The maximum Gasteiger partial charge on any atom is 0.203 e. The van der Waals surface area contributed by atoms with Gasteiger partial charge in [0.15, 0.2) is 0 Å².